The molecule has 0 saturated heterocycles. The predicted octanol–water partition coefficient (Wildman–Crippen LogP) is 5.98. The van der Waals surface area contributed by atoms with Gasteiger partial charge in [-0.15, -0.1) is 11.8 Å². The first-order chi connectivity index (χ1) is 15.0. The molecule has 0 N–H and O–H groups in total. The number of carbonyl (C=O) groups is 1. The van der Waals surface area contributed by atoms with Crippen LogP contribution in [0.25, 0.3) is 6.08 Å². The van der Waals surface area contributed by atoms with E-state index < -0.39 is 0 Å². The van der Waals surface area contributed by atoms with E-state index in [0.29, 0.717) is 16.3 Å². The van der Waals surface area contributed by atoms with Gasteiger partial charge >= 0.3 is 0 Å². The summed E-state index contributed by atoms with van der Waals surface area (Å²) in [6.45, 7) is 0. The van der Waals surface area contributed by atoms with E-state index in [9.17, 15) is 4.79 Å². The number of nitrogens with zero attached hydrogens (tertiary/aromatic N) is 3. The minimum absolute atomic E-state index is 0.116. The highest BCUT2D eigenvalue weighted by molar-refractivity contribution is 8.00. The molecule has 31 heavy (non-hydrogen) atoms. The molecule has 1 aliphatic rings. The number of rotatable bonds is 6. The van der Waals surface area contributed by atoms with Gasteiger partial charge in [-0.3, -0.25) is 4.79 Å². The first-order valence-electron chi connectivity index (χ1n) is 9.86. The fourth-order valence-electron chi connectivity index (χ4n) is 3.17. The van der Waals surface area contributed by atoms with Gasteiger partial charge in [0.1, 0.15) is 0 Å². The molecule has 0 bridgehead atoms. The van der Waals surface area contributed by atoms with Gasteiger partial charge in [-0.1, -0.05) is 41.9 Å². The summed E-state index contributed by atoms with van der Waals surface area (Å²) in [5, 5.41) is 6.86. The van der Waals surface area contributed by atoms with Crippen molar-refractivity contribution in [2.45, 2.75) is 4.90 Å². The molecule has 4 nitrogen and oxygen atoms in total. The fraction of sp³-hybridized carbons (Fsp3) is 0.120. The normalized spacial score (nSPS) is 14.8. The number of hydrogen-bond acceptors (Lipinski definition) is 4. The second-order valence-corrected chi connectivity index (χ2v) is 8.77. The topological polar surface area (TPSA) is 35.9 Å². The van der Waals surface area contributed by atoms with Crippen molar-refractivity contribution in [3.63, 3.8) is 0 Å². The van der Waals surface area contributed by atoms with E-state index in [0.717, 1.165) is 27.5 Å². The number of anilines is 2. The van der Waals surface area contributed by atoms with Gasteiger partial charge in [0.2, 0.25) is 0 Å². The number of para-hydroxylation sites is 1. The minimum Gasteiger partial charge on any atom is -0.378 e. The van der Waals surface area contributed by atoms with Crippen LogP contribution in [0.5, 0.6) is 0 Å². The molecule has 0 unspecified atom stereocenters. The number of carbonyl (C=O) groups excluding carboxylic acids is 1. The number of benzene rings is 3. The van der Waals surface area contributed by atoms with E-state index in [1.807, 2.05) is 104 Å². The second kappa shape index (κ2) is 9.41. The third-order valence-corrected chi connectivity index (χ3v) is 6.14. The molecule has 1 heterocycles. The Morgan fingerprint density at radius 2 is 1.65 bits per heavy atom. The molecular weight excluding hydrogens is 426 g/mol. The van der Waals surface area contributed by atoms with Gasteiger partial charge < -0.3 is 4.90 Å². The first kappa shape index (κ1) is 21.2. The molecule has 4 rings (SSSR count). The summed E-state index contributed by atoms with van der Waals surface area (Å²) in [7, 11) is 4.01. The lowest BCUT2D eigenvalue weighted by molar-refractivity contribution is -0.114. The maximum absolute atomic E-state index is 13.3. The number of halogens is 1. The number of thioether (sulfide) groups is 1. The molecule has 156 valence electrons. The quantitative estimate of drug-likeness (QED) is 0.344. The molecule has 0 atom stereocenters. The van der Waals surface area contributed by atoms with E-state index in [1.165, 1.54) is 5.01 Å². The summed E-state index contributed by atoms with van der Waals surface area (Å²) in [6.07, 6.45) is 1.92. The van der Waals surface area contributed by atoms with Crippen molar-refractivity contribution < 1.29 is 4.79 Å². The Labute approximate surface area is 191 Å². The van der Waals surface area contributed by atoms with Gasteiger partial charge in [0.15, 0.2) is 0 Å². The predicted molar refractivity (Wildman–Crippen MR) is 132 cm³/mol. The zero-order chi connectivity index (χ0) is 21.8. The van der Waals surface area contributed by atoms with Crippen LogP contribution < -0.4 is 9.91 Å². The maximum Gasteiger partial charge on any atom is 0.280 e. The first-order valence-corrected chi connectivity index (χ1v) is 11.2. The van der Waals surface area contributed by atoms with Crippen LogP contribution in [-0.2, 0) is 4.79 Å². The monoisotopic (exact) mass is 447 g/mol. The van der Waals surface area contributed by atoms with Crippen molar-refractivity contribution in [2.75, 3.05) is 29.8 Å². The maximum atomic E-state index is 13.3. The van der Waals surface area contributed by atoms with Gasteiger partial charge in [0.05, 0.1) is 17.0 Å². The Balaban J connectivity index is 1.64. The molecule has 3 aromatic rings. The van der Waals surface area contributed by atoms with E-state index in [-0.39, 0.29) is 5.91 Å². The van der Waals surface area contributed by atoms with E-state index in [4.69, 9.17) is 11.6 Å². The van der Waals surface area contributed by atoms with Crippen molar-refractivity contribution in [1.29, 1.82) is 0 Å². The van der Waals surface area contributed by atoms with Gasteiger partial charge in [-0.25, -0.2) is 0 Å². The third kappa shape index (κ3) is 5.01. The highest BCUT2D eigenvalue weighted by Crippen LogP contribution is 2.29. The van der Waals surface area contributed by atoms with Gasteiger partial charge in [-0.05, 0) is 60.2 Å². The van der Waals surface area contributed by atoms with Crippen LogP contribution in [0.2, 0.25) is 5.02 Å². The summed E-state index contributed by atoms with van der Waals surface area (Å²) in [4.78, 5) is 16.4. The summed E-state index contributed by atoms with van der Waals surface area (Å²) >= 11 is 7.62. The Hall–Kier alpha value is -3.02. The highest BCUT2D eigenvalue weighted by atomic mass is 35.5. The smallest absolute Gasteiger partial charge is 0.280 e. The Bertz CT molecular complexity index is 1120. The van der Waals surface area contributed by atoms with Crippen molar-refractivity contribution >= 4 is 52.4 Å². The molecule has 1 amide bonds. The summed E-state index contributed by atoms with van der Waals surface area (Å²) in [5.41, 5.74) is 4.20. The van der Waals surface area contributed by atoms with Crippen LogP contribution in [0, 0.1) is 0 Å². The molecule has 0 radical (unpaired) electrons. The molecule has 0 spiro atoms. The molecule has 0 saturated carbocycles. The zero-order valence-electron chi connectivity index (χ0n) is 17.3. The van der Waals surface area contributed by atoms with Crippen LogP contribution >= 0.6 is 23.4 Å². The summed E-state index contributed by atoms with van der Waals surface area (Å²) < 4.78 is 0. The van der Waals surface area contributed by atoms with Crippen LogP contribution in [0.1, 0.15) is 5.56 Å². The third-order valence-electron chi connectivity index (χ3n) is 4.86. The van der Waals surface area contributed by atoms with Gasteiger partial charge in [-0.2, -0.15) is 10.1 Å². The molecule has 6 heteroatoms. The SMILES string of the molecule is CN(C)c1ccc(/C=C2/C(=O)N(c3ccccc3)N=C2CSc2ccc(Cl)cc2)cc1. The van der Waals surface area contributed by atoms with Crippen molar-refractivity contribution in [1.82, 2.24) is 0 Å². The number of hydrogen-bond donors (Lipinski definition) is 0. The summed E-state index contributed by atoms with van der Waals surface area (Å²) in [5.74, 6) is 0.466. The molecule has 0 aromatic heterocycles. The average molecular weight is 448 g/mol. The van der Waals surface area contributed by atoms with E-state index >= 15 is 0 Å². The largest absolute Gasteiger partial charge is 0.378 e. The van der Waals surface area contributed by atoms with Gasteiger partial charge in [0, 0.05) is 35.5 Å². The lowest BCUT2D eigenvalue weighted by atomic mass is 10.1. The lowest BCUT2D eigenvalue weighted by Crippen LogP contribution is -2.21. The Kier molecular flexibility index (Phi) is 6.44. The van der Waals surface area contributed by atoms with E-state index in [2.05, 4.69) is 5.10 Å². The van der Waals surface area contributed by atoms with Crippen LogP contribution in [-0.4, -0.2) is 31.5 Å². The van der Waals surface area contributed by atoms with Gasteiger partial charge in [0.25, 0.3) is 5.91 Å². The highest BCUT2D eigenvalue weighted by Gasteiger charge is 2.31. The Morgan fingerprint density at radius 3 is 2.29 bits per heavy atom. The van der Waals surface area contributed by atoms with Crippen molar-refractivity contribution in [3.05, 3.63) is 95.0 Å². The molecule has 3 aromatic carbocycles. The molecule has 1 aliphatic heterocycles. The van der Waals surface area contributed by atoms with Crippen LogP contribution in [0.3, 0.4) is 0 Å². The summed E-state index contributed by atoms with van der Waals surface area (Å²) in [6, 6.07) is 25.3. The standard InChI is InChI=1S/C25H22ClN3OS/c1-28(2)20-12-8-18(9-13-20)16-23-24(17-31-22-14-10-19(26)11-15-22)27-29(25(23)30)21-6-4-3-5-7-21/h3-16H,17H2,1-2H3/b23-16+. The number of amides is 1. The van der Waals surface area contributed by atoms with Crippen molar-refractivity contribution in [3.8, 4) is 0 Å². The molecule has 0 aliphatic carbocycles. The fourth-order valence-corrected chi connectivity index (χ4v) is 4.14. The van der Waals surface area contributed by atoms with Crippen LogP contribution in [0.4, 0.5) is 11.4 Å². The van der Waals surface area contributed by atoms with E-state index in [1.54, 1.807) is 11.8 Å². The average Bonchev–Trinajstić information content (AvgIpc) is 3.09. The van der Waals surface area contributed by atoms with Crippen LogP contribution in [0.15, 0.2) is 94.4 Å². The minimum atomic E-state index is -0.116. The zero-order valence-corrected chi connectivity index (χ0v) is 18.9. The second-order valence-electron chi connectivity index (χ2n) is 7.29. The lowest BCUT2D eigenvalue weighted by Gasteiger charge is -2.12. The Morgan fingerprint density at radius 1 is 0.968 bits per heavy atom. The molecular formula is C25H22ClN3OS. The molecule has 0 fully saturated rings. The van der Waals surface area contributed by atoms with Crippen molar-refractivity contribution in [2.24, 2.45) is 5.10 Å². The number of hydrazone groups is 1.